The molecule has 1 atom stereocenters. The number of halogens is 1. The number of hydrogen-bond acceptors (Lipinski definition) is 2. The van der Waals surface area contributed by atoms with Crippen LogP contribution in [0.3, 0.4) is 0 Å². The number of para-hydroxylation sites is 2. The van der Waals surface area contributed by atoms with Gasteiger partial charge in [0.15, 0.2) is 0 Å². The molecular formula is C20H18BrN3O. The molecule has 25 heavy (non-hydrogen) atoms. The molecule has 1 aliphatic rings. The maximum absolute atomic E-state index is 12.7. The first-order chi connectivity index (χ1) is 12.2. The number of fused-ring (bicyclic) bond motifs is 1. The number of nitrogens with zero attached hydrogens (tertiary/aromatic N) is 2. The van der Waals surface area contributed by atoms with Gasteiger partial charge in [-0.15, -0.1) is 0 Å². The van der Waals surface area contributed by atoms with Crippen molar-refractivity contribution in [1.29, 1.82) is 0 Å². The zero-order chi connectivity index (χ0) is 17.2. The Labute approximate surface area is 154 Å². The third kappa shape index (κ3) is 3.37. The highest BCUT2D eigenvalue weighted by Crippen LogP contribution is 2.31. The third-order valence-corrected chi connectivity index (χ3v) is 5.08. The fourth-order valence-corrected chi connectivity index (χ4v) is 3.55. The summed E-state index contributed by atoms with van der Waals surface area (Å²) in [4.78, 5) is 22.6. The van der Waals surface area contributed by atoms with Gasteiger partial charge in [-0.1, -0.05) is 40.2 Å². The summed E-state index contributed by atoms with van der Waals surface area (Å²) < 4.78 is 1.03. The molecule has 2 heterocycles. The number of benzene rings is 2. The minimum atomic E-state index is 0.0227. The molecule has 1 aromatic heterocycles. The van der Waals surface area contributed by atoms with E-state index in [1.807, 2.05) is 59.5 Å². The van der Waals surface area contributed by atoms with Crippen molar-refractivity contribution in [2.75, 3.05) is 6.54 Å². The van der Waals surface area contributed by atoms with Crippen LogP contribution in [0.5, 0.6) is 0 Å². The summed E-state index contributed by atoms with van der Waals surface area (Å²) in [6.45, 7) is 0.769. The number of H-pyrrole nitrogens is 1. The Morgan fingerprint density at radius 2 is 2.00 bits per heavy atom. The van der Waals surface area contributed by atoms with E-state index >= 15 is 0 Å². The molecule has 1 fully saturated rings. The minimum Gasteiger partial charge on any atom is -0.340 e. The second kappa shape index (κ2) is 6.84. The molecule has 0 radical (unpaired) electrons. The molecular weight excluding hydrogens is 378 g/mol. The number of carbonyl (C=O) groups excluding carboxylic acids is 1. The van der Waals surface area contributed by atoms with E-state index < -0.39 is 0 Å². The average Bonchev–Trinajstić information content (AvgIpc) is 3.27. The number of amides is 1. The molecule has 4 rings (SSSR count). The topological polar surface area (TPSA) is 49.0 Å². The van der Waals surface area contributed by atoms with Gasteiger partial charge in [0.2, 0.25) is 5.91 Å². The summed E-state index contributed by atoms with van der Waals surface area (Å²) in [5.74, 6) is 0.912. The zero-order valence-electron chi connectivity index (χ0n) is 13.7. The predicted octanol–water partition coefficient (Wildman–Crippen LogP) is 4.70. The summed E-state index contributed by atoms with van der Waals surface area (Å²) in [6, 6.07) is 15.9. The molecule has 0 bridgehead atoms. The van der Waals surface area contributed by atoms with E-state index in [1.165, 1.54) is 0 Å². The van der Waals surface area contributed by atoms with E-state index in [4.69, 9.17) is 0 Å². The lowest BCUT2D eigenvalue weighted by Gasteiger charge is -2.21. The summed E-state index contributed by atoms with van der Waals surface area (Å²) in [6.07, 6.45) is 5.46. The number of nitrogens with one attached hydrogen (secondary N) is 1. The van der Waals surface area contributed by atoms with Crippen molar-refractivity contribution in [3.05, 3.63) is 70.5 Å². The lowest BCUT2D eigenvalue weighted by molar-refractivity contribution is -0.126. The van der Waals surface area contributed by atoms with Gasteiger partial charge in [-0.2, -0.15) is 0 Å². The standard InChI is InChI=1S/C20H18BrN3O/c21-15-10-7-14(8-11-15)9-12-19(25)24-13-3-6-18(24)20-22-16-4-1-2-5-17(16)23-20/h1-2,4-5,7-12,18H,3,6,13H2,(H,22,23). The molecule has 5 heteroatoms. The second-order valence-corrected chi connectivity index (χ2v) is 7.13. The Balaban J connectivity index is 1.54. The smallest absolute Gasteiger partial charge is 0.247 e. The van der Waals surface area contributed by atoms with Crippen molar-refractivity contribution >= 4 is 38.9 Å². The van der Waals surface area contributed by atoms with Crippen molar-refractivity contribution in [2.24, 2.45) is 0 Å². The van der Waals surface area contributed by atoms with Crippen LogP contribution in [-0.4, -0.2) is 27.3 Å². The van der Waals surface area contributed by atoms with Crippen LogP contribution < -0.4 is 0 Å². The first-order valence-corrected chi connectivity index (χ1v) is 9.19. The van der Waals surface area contributed by atoms with Crippen molar-refractivity contribution in [3.63, 3.8) is 0 Å². The minimum absolute atomic E-state index is 0.0227. The highest BCUT2D eigenvalue weighted by molar-refractivity contribution is 9.10. The van der Waals surface area contributed by atoms with Gasteiger partial charge in [0, 0.05) is 17.1 Å². The number of likely N-dealkylation sites (tertiary alicyclic amines) is 1. The first-order valence-electron chi connectivity index (χ1n) is 8.39. The normalized spacial score (nSPS) is 17.6. The van der Waals surface area contributed by atoms with Crippen LogP contribution in [0.4, 0.5) is 0 Å². The largest absolute Gasteiger partial charge is 0.340 e. The summed E-state index contributed by atoms with van der Waals surface area (Å²) in [7, 11) is 0. The summed E-state index contributed by atoms with van der Waals surface area (Å²) in [5, 5.41) is 0. The number of aromatic amines is 1. The van der Waals surface area contributed by atoms with Crippen LogP contribution in [0.25, 0.3) is 17.1 Å². The van der Waals surface area contributed by atoms with Crippen molar-refractivity contribution in [1.82, 2.24) is 14.9 Å². The molecule has 1 N–H and O–H groups in total. The summed E-state index contributed by atoms with van der Waals surface area (Å²) in [5.41, 5.74) is 2.97. The van der Waals surface area contributed by atoms with Gasteiger partial charge < -0.3 is 9.88 Å². The highest BCUT2D eigenvalue weighted by atomic mass is 79.9. The fourth-order valence-electron chi connectivity index (χ4n) is 3.28. The highest BCUT2D eigenvalue weighted by Gasteiger charge is 2.30. The molecule has 0 aliphatic carbocycles. The van der Waals surface area contributed by atoms with Gasteiger partial charge in [0.25, 0.3) is 0 Å². The van der Waals surface area contributed by atoms with Gasteiger partial charge in [-0.3, -0.25) is 4.79 Å². The second-order valence-electron chi connectivity index (χ2n) is 6.21. The zero-order valence-corrected chi connectivity index (χ0v) is 15.2. The number of aromatic nitrogens is 2. The molecule has 0 saturated carbocycles. The van der Waals surface area contributed by atoms with Crippen LogP contribution in [0, 0.1) is 0 Å². The number of carbonyl (C=O) groups is 1. The quantitative estimate of drug-likeness (QED) is 0.653. The van der Waals surface area contributed by atoms with Gasteiger partial charge >= 0.3 is 0 Å². The SMILES string of the molecule is O=C(C=Cc1ccc(Br)cc1)N1CCCC1c1nc2ccccc2[nH]1. The molecule has 126 valence electrons. The van der Waals surface area contributed by atoms with Gasteiger partial charge in [-0.05, 0) is 48.7 Å². The molecule has 4 nitrogen and oxygen atoms in total. The summed E-state index contributed by atoms with van der Waals surface area (Å²) >= 11 is 3.42. The molecule has 1 amide bonds. The van der Waals surface area contributed by atoms with E-state index in [9.17, 15) is 4.79 Å². The molecule has 1 unspecified atom stereocenters. The average molecular weight is 396 g/mol. The molecule has 2 aromatic carbocycles. The molecule has 3 aromatic rings. The van der Waals surface area contributed by atoms with Gasteiger partial charge in [0.1, 0.15) is 5.82 Å². The third-order valence-electron chi connectivity index (χ3n) is 4.55. The van der Waals surface area contributed by atoms with E-state index in [2.05, 4.69) is 25.9 Å². The van der Waals surface area contributed by atoms with E-state index in [-0.39, 0.29) is 11.9 Å². The van der Waals surface area contributed by atoms with Crippen molar-refractivity contribution in [3.8, 4) is 0 Å². The number of hydrogen-bond donors (Lipinski definition) is 1. The maximum Gasteiger partial charge on any atom is 0.247 e. The van der Waals surface area contributed by atoms with Crippen LogP contribution in [0.15, 0.2) is 59.1 Å². The van der Waals surface area contributed by atoms with Gasteiger partial charge in [0.05, 0.1) is 17.1 Å². The molecule has 1 saturated heterocycles. The Morgan fingerprint density at radius 3 is 2.80 bits per heavy atom. The van der Waals surface area contributed by atoms with Gasteiger partial charge in [-0.25, -0.2) is 4.98 Å². The first kappa shape index (κ1) is 16.1. The molecule has 1 aliphatic heterocycles. The number of rotatable bonds is 3. The molecule has 0 spiro atoms. The van der Waals surface area contributed by atoms with E-state index in [0.29, 0.717) is 0 Å². The van der Waals surface area contributed by atoms with Crippen LogP contribution in [0.2, 0.25) is 0 Å². The lowest BCUT2D eigenvalue weighted by atomic mass is 10.2. The van der Waals surface area contributed by atoms with E-state index in [0.717, 1.165) is 46.3 Å². The predicted molar refractivity (Wildman–Crippen MR) is 103 cm³/mol. The Morgan fingerprint density at radius 1 is 1.20 bits per heavy atom. The number of imidazole rings is 1. The monoisotopic (exact) mass is 395 g/mol. The maximum atomic E-state index is 12.7. The van der Waals surface area contributed by atoms with Crippen LogP contribution >= 0.6 is 15.9 Å². The Kier molecular flexibility index (Phi) is 4.40. The lowest BCUT2D eigenvalue weighted by Crippen LogP contribution is -2.29. The van der Waals surface area contributed by atoms with Crippen molar-refractivity contribution < 1.29 is 4.79 Å². The Bertz CT molecular complexity index is 897. The van der Waals surface area contributed by atoms with Crippen LogP contribution in [0.1, 0.15) is 30.3 Å². The van der Waals surface area contributed by atoms with Crippen LogP contribution in [-0.2, 0) is 4.79 Å². The fraction of sp³-hybridized carbons (Fsp3) is 0.200. The van der Waals surface area contributed by atoms with E-state index in [1.54, 1.807) is 6.08 Å². The Hall–Kier alpha value is -2.40. The van der Waals surface area contributed by atoms with Crippen molar-refractivity contribution in [2.45, 2.75) is 18.9 Å².